The molecular formula is C20H20N2O7S. The van der Waals surface area contributed by atoms with Crippen LogP contribution >= 0.6 is 11.3 Å². The number of hydrogen-bond donors (Lipinski definition) is 0. The third-order valence-electron chi connectivity index (χ3n) is 5.20. The predicted octanol–water partition coefficient (Wildman–Crippen LogP) is 3.12. The summed E-state index contributed by atoms with van der Waals surface area (Å²) >= 11 is 1.40. The average Bonchev–Trinajstić information content (AvgIpc) is 3.31. The molecule has 2 aliphatic rings. The number of amides is 1. The molecule has 30 heavy (non-hydrogen) atoms. The maximum atomic E-state index is 12.5. The highest BCUT2D eigenvalue weighted by atomic mass is 32.1. The number of hydrogen-bond acceptors (Lipinski definition) is 8. The van der Waals surface area contributed by atoms with Crippen LogP contribution in [0.4, 0.5) is 5.69 Å². The number of rotatable bonds is 5. The van der Waals surface area contributed by atoms with E-state index in [9.17, 15) is 19.7 Å². The zero-order valence-corrected chi connectivity index (χ0v) is 16.9. The molecule has 1 aromatic heterocycles. The van der Waals surface area contributed by atoms with Gasteiger partial charge in [0.25, 0.3) is 11.6 Å². The lowest BCUT2D eigenvalue weighted by atomic mass is 9.97. The van der Waals surface area contributed by atoms with Crippen LogP contribution in [0.3, 0.4) is 0 Å². The van der Waals surface area contributed by atoms with Crippen molar-refractivity contribution in [3.8, 4) is 5.75 Å². The van der Waals surface area contributed by atoms with Gasteiger partial charge in [-0.05, 0) is 24.3 Å². The molecule has 0 saturated carbocycles. The molecule has 0 N–H and O–H groups in total. The molecule has 9 nitrogen and oxygen atoms in total. The minimum Gasteiger partial charge on any atom is -0.467 e. The first-order valence-electron chi connectivity index (χ1n) is 9.53. The molecule has 0 aliphatic carbocycles. The summed E-state index contributed by atoms with van der Waals surface area (Å²) in [4.78, 5) is 38.1. The largest absolute Gasteiger partial charge is 0.467 e. The zero-order valence-electron chi connectivity index (χ0n) is 16.1. The lowest BCUT2D eigenvalue weighted by Gasteiger charge is -2.30. The topological polar surface area (TPSA) is 108 Å². The fourth-order valence-electron chi connectivity index (χ4n) is 3.63. The van der Waals surface area contributed by atoms with Crippen molar-refractivity contribution in [1.29, 1.82) is 0 Å². The normalized spacial score (nSPS) is 16.5. The Hall–Kier alpha value is -2.98. The van der Waals surface area contributed by atoms with Crippen molar-refractivity contribution in [2.24, 2.45) is 5.92 Å². The van der Waals surface area contributed by atoms with E-state index in [-0.39, 0.29) is 43.5 Å². The van der Waals surface area contributed by atoms with Gasteiger partial charge in [0.2, 0.25) is 0 Å². The summed E-state index contributed by atoms with van der Waals surface area (Å²) in [5.74, 6) is -0.225. The number of carbonyl (C=O) groups excluding carboxylic acids is 2. The summed E-state index contributed by atoms with van der Waals surface area (Å²) in [7, 11) is 0. The molecule has 0 unspecified atom stereocenters. The quantitative estimate of drug-likeness (QED) is 0.406. The van der Waals surface area contributed by atoms with Crippen molar-refractivity contribution in [3.05, 3.63) is 55.8 Å². The molecule has 1 saturated heterocycles. The minimum atomic E-state index is -0.499. The van der Waals surface area contributed by atoms with Crippen LogP contribution in [0.2, 0.25) is 0 Å². The Morgan fingerprint density at radius 2 is 2.10 bits per heavy atom. The predicted molar refractivity (Wildman–Crippen MR) is 106 cm³/mol. The van der Waals surface area contributed by atoms with Crippen LogP contribution in [0.1, 0.15) is 33.6 Å². The summed E-state index contributed by atoms with van der Waals surface area (Å²) in [6.07, 6.45) is 1.04. The van der Waals surface area contributed by atoms with E-state index in [0.29, 0.717) is 47.7 Å². The van der Waals surface area contributed by atoms with Crippen LogP contribution in [0.15, 0.2) is 29.6 Å². The number of nitrogens with zero attached hydrogens (tertiary/aromatic N) is 2. The van der Waals surface area contributed by atoms with Gasteiger partial charge in [-0.15, -0.1) is 11.3 Å². The molecular weight excluding hydrogens is 412 g/mol. The molecule has 0 atom stereocenters. The average molecular weight is 432 g/mol. The summed E-state index contributed by atoms with van der Waals surface area (Å²) in [5, 5.41) is 13.0. The first-order chi connectivity index (χ1) is 14.5. The summed E-state index contributed by atoms with van der Waals surface area (Å²) in [6, 6.07) is 6.39. The SMILES string of the molecule is O=C(OCc1cc([N+](=O)[O-])cc2c1OCOC2)C1CCN(C(=O)c2cccs2)CC1. The standard InChI is InChI=1S/C20H20N2O7S/c23-19(17-2-1-7-30-17)21-5-3-13(4-6-21)20(24)28-11-15-9-16(22(25)26)8-14-10-27-12-29-18(14)15/h1-2,7-9,13H,3-6,10-12H2. The maximum Gasteiger partial charge on any atom is 0.309 e. The number of carbonyl (C=O) groups is 2. The maximum absolute atomic E-state index is 12.5. The molecule has 3 heterocycles. The van der Waals surface area contributed by atoms with Crippen LogP contribution in [-0.4, -0.2) is 41.6 Å². The fraction of sp³-hybridized carbons (Fsp3) is 0.400. The van der Waals surface area contributed by atoms with Gasteiger partial charge < -0.3 is 19.1 Å². The monoisotopic (exact) mass is 432 g/mol. The molecule has 158 valence electrons. The number of likely N-dealkylation sites (tertiary alicyclic amines) is 1. The minimum absolute atomic E-state index is 0.0144. The van der Waals surface area contributed by atoms with Gasteiger partial charge in [0, 0.05) is 36.3 Å². The fourth-order valence-corrected chi connectivity index (χ4v) is 4.33. The molecule has 1 aromatic carbocycles. The molecule has 0 bridgehead atoms. The third-order valence-corrected chi connectivity index (χ3v) is 6.06. The smallest absolute Gasteiger partial charge is 0.309 e. The van der Waals surface area contributed by atoms with Gasteiger partial charge in [-0.2, -0.15) is 0 Å². The van der Waals surface area contributed by atoms with E-state index >= 15 is 0 Å². The third kappa shape index (κ3) is 4.29. The lowest BCUT2D eigenvalue weighted by molar-refractivity contribution is -0.385. The highest BCUT2D eigenvalue weighted by molar-refractivity contribution is 7.12. The Labute approximate surface area is 176 Å². The van der Waals surface area contributed by atoms with Crippen molar-refractivity contribution < 1.29 is 28.7 Å². The highest BCUT2D eigenvalue weighted by Crippen LogP contribution is 2.33. The van der Waals surface area contributed by atoms with E-state index in [2.05, 4.69) is 0 Å². The van der Waals surface area contributed by atoms with E-state index in [0.717, 1.165) is 0 Å². The van der Waals surface area contributed by atoms with Gasteiger partial charge in [0.05, 0.1) is 22.3 Å². The molecule has 0 radical (unpaired) electrons. The Kier molecular flexibility index (Phi) is 5.96. The second kappa shape index (κ2) is 8.80. The second-order valence-electron chi connectivity index (χ2n) is 7.11. The number of thiophene rings is 1. The number of ether oxygens (including phenoxy) is 3. The van der Waals surface area contributed by atoms with E-state index in [1.807, 2.05) is 11.4 Å². The van der Waals surface area contributed by atoms with Crippen molar-refractivity contribution >= 4 is 28.9 Å². The molecule has 2 aromatic rings. The van der Waals surface area contributed by atoms with Gasteiger partial charge in [-0.3, -0.25) is 19.7 Å². The molecule has 10 heteroatoms. The number of nitro benzene ring substituents is 1. The Balaban J connectivity index is 1.36. The van der Waals surface area contributed by atoms with Crippen molar-refractivity contribution in [3.63, 3.8) is 0 Å². The van der Waals surface area contributed by atoms with Crippen LogP contribution in [0, 0.1) is 16.0 Å². The summed E-state index contributed by atoms with van der Waals surface area (Å²) in [6.45, 7) is 1.11. The molecule has 0 spiro atoms. The van der Waals surface area contributed by atoms with Gasteiger partial charge in [-0.1, -0.05) is 6.07 Å². The van der Waals surface area contributed by atoms with Crippen molar-refractivity contribution in [2.45, 2.75) is 26.1 Å². The zero-order chi connectivity index (χ0) is 21.1. The van der Waals surface area contributed by atoms with E-state index in [1.165, 1.54) is 23.5 Å². The van der Waals surface area contributed by atoms with Gasteiger partial charge >= 0.3 is 5.97 Å². The molecule has 1 fully saturated rings. The first-order valence-corrected chi connectivity index (χ1v) is 10.4. The van der Waals surface area contributed by atoms with Gasteiger partial charge in [-0.25, -0.2) is 0 Å². The molecule has 2 aliphatic heterocycles. The Morgan fingerprint density at radius 1 is 1.30 bits per heavy atom. The summed E-state index contributed by atoms with van der Waals surface area (Å²) in [5.41, 5.74) is 0.900. The molecule has 4 rings (SSSR count). The Bertz CT molecular complexity index is 952. The number of piperidine rings is 1. The number of nitro groups is 1. The van der Waals surface area contributed by atoms with Gasteiger partial charge in [0.1, 0.15) is 12.4 Å². The number of benzene rings is 1. The second-order valence-corrected chi connectivity index (χ2v) is 8.06. The molecule has 1 amide bonds. The van der Waals surface area contributed by atoms with E-state index in [1.54, 1.807) is 11.0 Å². The first kappa shape index (κ1) is 20.3. The van der Waals surface area contributed by atoms with Crippen molar-refractivity contribution in [2.75, 3.05) is 19.9 Å². The van der Waals surface area contributed by atoms with Crippen LogP contribution in [0.5, 0.6) is 5.75 Å². The van der Waals surface area contributed by atoms with Crippen LogP contribution in [0.25, 0.3) is 0 Å². The Morgan fingerprint density at radius 3 is 2.80 bits per heavy atom. The van der Waals surface area contributed by atoms with Gasteiger partial charge in [0.15, 0.2) is 6.79 Å². The highest BCUT2D eigenvalue weighted by Gasteiger charge is 2.30. The lowest BCUT2D eigenvalue weighted by Crippen LogP contribution is -2.40. The van der Waals surface area contributed by atoms with E-state index < -0.39 is 4.92 Å². The van der Waals surface area contributed by atoms with Crippen LogP contribution in [-0.2, 0) is 27.5 Å². The number of fused-ring (bicyclic) bond motifs is 1. The number of esters is 1. The van der Waals surface area contributed by atoms with E-state index in [4.69, 9.17) is 14.2 Å². The van der Waals surface area contributed by atoms with Crippen LogP contribution < -0.4 is 4.74 Å². The van der Waals surface area contributed by atoms with Crippen molar-refractivity contribution in [1.82, 2.24) is 4.90 Å². The number of non-ortho nitro benzene ring substituents is 1. The summed E-state index contributed by atoms with van der Waals surface area (Å²) < 4.78 is 16.1.